The minimum atomic E-state index is -0.163. The Morgan fingerprint density at radius 3 is 2.33 bits per heavy atom. The molecule has 0 spiro atoms. The van der Waals surface area contributed by atoms with Crippen molar-refractivity contribution in [1.82, 2.24) is 4.90 Å². The number of hydrogen-bond donors (Lipinski definition) is 1. The highest BCUT2D eigenvalue weighted by molar-refractivity contribution is 5.98. The summed E-state index contributed by atoms with van der Waals surface area (Å²) in [7, 11) is 4.52. The Kier molecular flexibility index (Phi) is 4.90. The molecule has 0 saturated heterocycles. The number of methoxy groups -OCH3 is 3. The first-order chi connectivity index (χ1) is 10.2. The number of benzene rings is 1. The Labute approximate surface area is 124 Å². The highest BCUT2D eigenvalue weighted by Gasteiger charge is 2.34. The molecule has 0 heterocycles. The van der Waals surface area contributed by atoms with E-state index in [2.05, 4.69) is 0 Å². The number of carbonyl (C=O) groups is 1. The third kappa shape index (κ3) is 3.05. The normalized spacial score (nSPS) is 13.7. The Hall–Kier alpha value is -1.95. The summed E-state index contributed by atoms with van der Waals surface area (Å²) in [5, 5.41) is 9.15. The van der Waals surface area contributed by atoms with Gasteiger partial charge in [0.15, 0.2) is 11.5 Å². The fourth-order valence-electron chi connectivity index (χ4n) is 2.37. The van der Waals surface area contributed by atoms with Crippen molar-refractivity contribution in [2.75, 3.05) is 34.5 Å². The van der Waals surface area contributed by atoms with Crippen LogP contribution in [0.4, 0.5) is 0 Å². The van der Waals surface area contributed by atoms with E-state index in [1.54, 1.807) is 17.0 Å². The van der Waals surface area contributed by atoms with Crippen LogP contribution in [0.15, 0.2) is 12.1 Å². The first-order valence-electron chi connectivity index (χ1n) is 6.88. The van der Waals surface area contributed by atoms with Crippen molar-refractivity contribution in [2.45, 2.75) is 18.9 Å². The van der Waals surface area contributed by atoms with E-state index in [0.29, 0.717) is 29.4 Å². The fourth-order valence-corrected chi connectivity index (χ4v) is 2.37. The quantitative estimate of drug-likeness (QED) is 0.821. The molecule has 1 aliphatic carbocycles. The number of rotatable bonds is 7. The summed E-state index contributed by atoms with van der Waals surface area (Å²) in [6.07, 6.45) is 1.95. The Morgan fingerprint density at radius 2 is 1.86 bits per heavy atom. The summed E-state index contributed by atoms with van der Waals surface area (Å²) in [6.45, 7) is 0.263. The molecule has 1 amide bonds. The average Bonchev–Trinajstić information content (AvgIpc) is 3.34. The van der Waals surface area contributed by atoms with Gasteiger partial charge in [-0.15, -0.1) is 0 Å². The Morgan fingerprint density at radius 1 is 1.19 bits per heavy atom. The molecule has 0 atom stereocenters. The van der Waals surface area contributed by atoms with Crippen molar-refractivity contribution in [3.05, 3.63) is 17.7 Å². The first kappa shape index (κ1) is 15.4. The number of ether oxygens (including phenoxy) is 3. The molecule has 1 fully saturated rings. The monoisotopic (exact) mass is 295 g/mol. The predicted molar refractivity (Wildman–Crippen MR) is 77.2 cm³/mol. The molecule has 1 aliphatic rings. The van der Waals surface area contributed by atoms with E-state index in [9.17, 15) is 4.79 Å². The second-order valence-electron chi connectivity index (χ2n) is 4.84. The number of hydrogen-bond acceptors (Lipinski definition) is 5. The zero-order chi connectivity index (χ0) is 15.4. The van der Waals surface area contributed by atoms with E-state index in [4.69, 9.17) is 19.3 Å². The molecule has 6 heteroatoms. The molecule has 1 N–H and O–H groups in total. The summed E-state index contributed by atoms with van der Waals surface area (Å²) < 4.78 is 15.9. The fraction of sp³-hybridized carbons (Fsp3) is 0.533. The lowest BCUT2D eigenvalue weighted by molar-refractivity contribution is 0.0703. The number of aliphatic hydroxyl groups excluding tert-OH is 1. The maximum Gasteiger partial charge on any atom is 0.258 e. The number of nitrogens with zero attached hydrogens (tertiary/aromatic N) is 1. The van der Waals surface area contributed by atoms with Gasteiger partial charge in [0.25, 0.3) is 5.91 Å². The highest BCUT2D eigenvalue weighted by atomic mass is 16.5. The van der Waals surface area contributed by atoms with Crippen molar-refractivity contribution in [2.24, 2.45) is 0 Å². The van der Waals surface area contributed by atoms with Crippen molar-refractivity contribution >= 4 is 5.91 Å². The first-order valence-corrected chi connectivity index (χ1v) is 6.88. The van der Waals surface area contributed by atoms with Gasteiger partial charge >= 0.3 is 0 Å². The van der Waals surface area contributed by atoms with Crippen LogP contribution in [-0.4, -0.2) is 56.4 Å². The SMILES string of the molecule is COc1ccc(C(=O)N(CCO)C2CC2)c(OC)c1OC. The molecule has 116 valence electrons. The van der Waals surface area contributed by atoms with Crippen molar-refractivity contribution < 1.29 is 24.1 Å². The van der Waals surface area contributed by atoms with Gasteiger partial charge in [-0.05, 0) is 25.0 Å². The van der Waals surface area contributed by atoms with Crippen LogP contribution in [-0.2, 0) is 0 Å². The van der Waals surface area contributed by atoms with Crippen LogP contribution in [0.1, 0.15) is 23.2 Å². The average molecular weight is 295 g/mol. The van der Waals surface area contributed by atoms with Gasteiger partial charge in [-0.1, -0.05) is 0 Å². The van der Waals surface area contributed by atoms with Gasteiger partial charge in [0.1, 0.15) is 0 Å². The molecular weight excluding hydrogens is 274 g/mol. The van der Waals surface area contributed by atoms with E-state index in [0.717, 1.165) is 12.8 Å². The lowest BCUT2D eigenvalue weighted by Crippen LogP contribution is -2.35. The third-order valence-electron chi connectivity index (χ3n) is 3.52. The standard InChI is InChI=1S/C15H21NO5/c1-19-12-7-6-11(13(20-2)14(12)21-3)15(18)16(8-9-17)10-4-5-10/h6-7,10,17H,4-5,8-9H2,1-3H3. The number of carbonyl (C=O) groups excluding carboxylic acids is 1. The molecule has 0 aromatic heterocycles. The molecule has 2 rings (SSSR count). The van der Waals surface area contributed by atoms with Crippen LogP contribution in [0.2, 0.25) is 0 Å². The minimum Gasteiger partial charge on any atom is -0.493 e. The van der Waals surface area contributed by atoms with Crippen molar-refractivity contribution in [1.29, 1.82) is 0 Å². The molecule has 1 saturated carbocycles. The molecule has 0 aliphatic heterocycles. The molecule has 0 bridgehead atoms. The Bertz CT molecular complexity index is 513. The molecule has 0 unspecified atom stereocenters. The van der Waals surface area contributed by atoms with Crippen LogP contribution in [0.3, 0.4) is 0 Å². The highest BCUT2D eigenvalue weighted by Crippen LogP contribution is 2.41. The lowest BCUT2D eigenvalue weighted by atomic mass is 10.1. The number of amides is 1. The second kappa shape index (κ2) is 6.67. The van der Waals surface area contributed by atoms with Gasteiger partial charge in [-0.3, -0.25) is 4.79 Å². The van der Waals surface area contributed by atoms with E-state index in [1.807, 2.05) is 0 Å². The van der Waals surface area contributed by atoms with Crippen LogP contribution < -0.4 is 14.2 Å². The molecule has 1 aromatic rings. The number of aliphatic hydroxyl groups is 1. The predicted octanol–water partition coefficient (Wildman–Crippen LogP) is 1.31. The lowest BCUT2D eigenvalue weighted by Gasteiger charge is -2.23. The summed E-state index contributed by atoms with van der Waals surface area (Å²) in [4.78, 5) is 14.4. The van der Waals surface area contributed by atoms with Crippen LogP contribution in [0.5, 0.6) is 17.2 Å². The van der Waals surface area contributed by atoms with Gasteiger partial charge < -0.3 is 24.2 Å². The minimum absolute atomic E-state index is 0.0577. The molecule has 0 radical (unpaired) electrons. The maximum absolute atomic E-state index is 12.7. The van der Waals surface area contributed by atoms with Gasteiger partial charge in [-0.25, -0.2) is 0 Å². The summed E-state index contributed by atoms with van der Waals surface area (Å²) in [5.41, 5.74) is 0.413. The topological polar surface area (TPSA) is 68.2 Å². The summed E-state index contributed by atoms with van der Waals surface area (Å²) in [6, 6.07) is 3.55. The summed E-state index contributed by atoms with van der Waals surface area (Å²) in [5.74, 6) is 1.09. The molecular formula is C15H21NO5. The second-order valence-corrected chi connectivity index (χ2v) is 4.84. The van der Waals surface area contributed by atoms with Gasteiger partial charge in [0.05, 0.1) is 33.5 Å². The van der Waals surface area contributed by atoms with Crippen molar-refractivity contribution in [3.63, 3.8) is 0 Å². The van der Waals surface area contributed by atoms with Crippen molar-refractivity contribution in [3.8, 4) is 17.2 Å². The molecule has 21 heavy (non-hydrogen) atoms. The van der Waals surface area contributed by atoms with Gasteiger partial charge in [0.2, 0.25) is 5.75 Å². The van der Waals surface area contributed by atoms with E-state index in [1.165, 1.54) is 21.3 Å². The van der Waals surface area contributed by atoms with Crippen LogP contribution in [0.25, 0.3) is 0 Å². The van der Waals surface area contributed by atoms with Crippen LogP contribution in [0, 0.1) is 0 Å². The summed E-state index contributed by atoms with van der Waals surface area (Å²) >= 11 is 0. The largest absolute Gasteiger partial charge is 0.493 e. The molecule has 1 aromatic carbocycles. The zero-order valence-corrected chi connectivity index (χ0v) is 12.6. The van der Waals surface area contributed by atoms with E-state index in [-0.39, 0.29) is 18.6 Å². The van der Waals surface area contributed by atoms with Crippen LogP contribution >= 0.6 is 0 Å². The smallest absolute Gasteiger partial charge is 0.258 e. The molecule has 6 nitrogen and oxygen atoms in total. The van der Waals surface area contributed by atoms with Gasteiger partial charge in [-0.2, -0.15) is 0 Å². The van der Waals surface area contributed by atoms with E-state index >= 15 is 0 Å². The van der Waals surface area contributed by atoms with Gasteiger partial charge in [0, 0.05) is 12.6 Å². The third-order valence-corrected chi connectivity index (χ3v) is 3.52. The van der Waals surface area contributed by atoms with E-state index < -0.39 is 0 Å². The zero-order valence-electron chi connectivity index (χ0n) is 12.6. The Balaban J connectivity index is 2.39. The maximum atomic E-state index is 12.7.